The van der Waals surface area contributed by atoms with Crippen LogP contribution >= 0.6 is 11.6 Å². The predicted molar refractivity (Wildman–Crippen MR) is 113 cm³/mol. The molecule has 0 saturated carbocycles. The molecule has 1 heterocycles. The maximum atomic E-state index is 13.4. The van der Waals surface area contributed by atoms with Gasteiger partial charge in [-0.05, 0) is 68.5 Å². The van der Waals surface area contributed by atoms with E-state index in [0.717, 1.165) is 29.0 Å². The highest BCUT2D eigenvalue weighted by molar-refractivity contribution is 6.31. The zero-order chi connectivity index (χ0) is 20.1. The van der Waals surface area contributed by atoms with Crippen molar-refractivity contribution in [3.8, 4) is 5.75 Å². The monoisotopic (exact) mass is 401 g/mol. The lowest BCUT2D eigenvalue weighted by atomic mass is 9.73. The third kappa shape index (κ3) is 4.34. The van der Waals surface area contributed by atoms with Crippen LogP contribution in [0.25, 0.3) is 0 Å². The maximum Gasteiger partial charge on any atom is 0.235 e. The Morgan fingerprint density at radius 1 is 1.25 bits per heavy atom. The molecule has 0 spiro atoms. The van der Waals surface area contributed by atoms with Crippen LogP contribution in [0.15, 0.2) is 42.5 Å². The Bertz CT molecular complexity index is 830. The number of nitrogens with one attached hydrogen (secondary N) is 1. The first kappa shape index (κ1) is 20.7. The first-order valence-electron chi connectivity index (χ1n) is 9.88. The van der Waals surface area contributed by atoms with Crippen molar-refractivity contribution in [2.45, 2.75) is 51.6 Å². The molecule has 1 aliphatic heterocycles. The van der Waals surface area contributed by atoms with Gasteiger partial charge in [-0.25, -0.2) is 0 Å². The van der Waals surface area contributed by atoms with Crippen molar-refractivity contribution in [1.82, 2.24) is 0 Å². The fourth-order valence-electron chi connectivity index (χ4n) is 3.60. The first-order chi connectivity index (χ1) is 13.5. The van der Waals surface area contributed by atoms with Crippen molar-refractivity contribution in [1.29, 1.82) is 0 Å². The summed E-state index contributed by atoms with van der Waals surface area (Å²) in [6, 6.07) is 13.4. The molecule has 4 nitrogen and oxygen atoms in total. The van der Waals surface area contributed by atoms with Crippen LogP contribution in [0.5, 0.6) is 5.75 Å². The lowest BCUT2D eigenvalue weighted by Gasteiger charge is -2.36. The number of hydrogen-bond acceptors (Lipinski definition) is 3. The number of carbonyl (C=O) groups excluding carboxylic acids is 1. The molecule has 0 bridgehead atoms. The number of amides is 1. The molecule has 0 aliphatic carbocycles. The van der Waals surface area contributed by atoms with Gasteiger partial charge in [-0.2, -0.15) is 0 Å². The molecular formula is C23H28ClNO3. The van der Waals surface area contributed by atoms with Crippen molar-refractivity contribution < 1.29 is 14.3 Å². The van der Waals surface area contributed by atoms with E-state index in [9.17, 15) is 4.79 Å². The number of halogens is 1. The average Bonchev–Trinajstić information content (AvgIpc) is 2.70. The second-order valence-electron chi connectivity index (χ2n) is 7.45. The van der Waals surface area contributed by atoms with Crippen LogP contribution < -0.4 is 10.1 Å². The van der Waals surface area contributed by atoms with E-state index in [-0.39, 0.29) is 12.0 Å². The van der Waals surface area contributed by atoms with Gasteiger partial charge in [0.1, 0.15) is 5.75 Å². The van der Waals surface area contributed by atoms with Gasteiger partial charge < -0.3 is 14.8 Å². The summed E-state index contributed by atoms with van der Waals surface area (Å²) in [4.78, 5) is 13.4. The number of rotatable bonds is 6. The zero-order valence-corrected chi connectivity index (χ0v) is 17.5. The van der Waals surface area contributed by atoms with Gasteiger partial charge in [0.15, 0.2) is 0 Å². The van der Waals surface area contributed by atoms with Crippen LogP contribution in [0, 0.1) is 6.92 Å². The highest BCUT2D eigenvalue weighted by atomic mass is 35.5. The minimum absolute atomic E-state index is 0.0427. The van der Waals surface area contributed by atoms with Gasteiger partial charge in [-0.1, -0.05) is 36.7 Å². The van der Waals surface area contributed by atoms with Crippen LogP contribution in [-0.4, -0.2) is 25.2 Å². The van der Waals surface area contributed by atoms with Gasteiger partial charge in [0.05, 0.1) is 11.5 Å². The van der Waals surface area contributed by atoms with Gasteiger partial charge in [0, 0.05) is 23.9 Å². The predicted octanol–water partition coefficient (Wildman–Crippen LogP) is 5.51. The molecule has 3 rings (SSSR count). The molecule has 1 amide bonds. The number of ether oxygens (including phenoxy) is 2. The van der Waals surface area contributed by atoms with Gasteiger partial charge in [-0.3, -0.25) is 4.79 Å². The third-order valence-electron chi connectivity index (χ3n) is 5.51. The molecule has 1 atom stereocenters. The highest BCUT2D eigenvalue weighted by Crippen LogP contribution is 2.39. The van der Waals surface area contributed by atoms with Crippen LogP contribution in [-0.2, 0) is 14.9 Å². The summed E-state index contributed by atoms with van der Waals surface area (Å²) < 4.78 is 11.5. The minimum atomic E-state index is -0.684. The van der Waals surface area contributed by atoms with Gasteiger partial charge >= 0.3 is 0 Å². The first-order valence-corrected chi connectivity index (χ1v) is 10.3. The Hall–Kier alpha value is -2.04. The molecule has 0 radical (unpaired) electrons. The van der Waals surface area contributed by atoms with E-state index in [1.54, 1.807) is 0 Å². The van der Waals surface area contributed by atoms with Gasteiger partial charge in [0.2, 0.25) is 5.91 Å². The molecule has 2 aromatic carbocycles. The fraction of sp³-hybridized carbons (Fsp3) is 0.435. The normalized spacial score (nSPS) is 17.0. The summed E-state index contributed by atoms with van der Waals surface area (Å²) in [6.07, 6.45) is 2.32. The van der Waals surface area contributed by atoms with Crippen LogP contribution in [0.2, 0.25) is 5.02 Å². The lowest BCUT2D eigenvalue weighted by molar-refractivity contribution is -0.125. The molecule has 1 aliphatic rings. The van der Waals surface area contributed by atoms with Crippen LogP contribution in [0.3, 0.4) is 0 Å². The Labute approximate surface area is 172 Å². The van der Waals surface area contributed by atoms with Crippen molar-refractivity contribution in [2.24, 2.45) is 0 Å². The zero-order valence-electron chi connectivity index (χ0n) is 16.8. The van der Waals surface area contributed by atoms with E-state index in [1.807, 2.05) is 56.3 Å². The van der Waals surface area contributed by atoms with Gasteiger partial charge in [0.25, 0.3) is 0 Å². The third-order valence-corrected chi connectivity index (χ3v) is 5.84. The van der Waals surface area contributed by atoms with E-state index >= 15 is 0 Å². The highest BCUT2D eigenvalue weighted by Gasteiger charge is 2.43. The average molecular weight is 402 g/mol. The smallest absolute Gasteiger partial charge is 0.235 e. The molecule has 0 unspecified atom stereocenters. The quantitative estimate of drug-likeness (QED) is 0.693. The van der Waals surface area contributed by atoms with E-state index < -0.39 is 5.41 Å². The molecular weight excluding hydrogens is 374 g/mol. The van der Waals surface area contributed by atoms with Gasteiger partial charge in [-0.15, -0.1) is 0 Å². The van der Waals surface area contributed by atoms with Crippen molar-refractivity contribution >= 4 is 23.2 Å². The molecule has 1 fully saturated rings. The largest absolute Gasteiger partial charge is 0.490 e. The summed E-state index contributed by atoms with van der Waals surface area (Å²) in [6.45, 7) is 7.22. The second-order valence-corrected chi connectivity index (χ2v) is 7.85. The minimum Gasteiger partial charge on any atom is -0.490 e. The summed E-state index contributed by atoms with van der Waals surface area (Å²) in [7, 11) is 0. The molecule has 1 saturated heterocycles. The van der Waals surface area contributed by atoms with E-state index in [1.165, 1.54) is 0 Å². The van der Waals surface area contributed by atoms with Crippen molar-refractivity contribution in [3.63, 3.8) is 0 Å². The van der Waals surface area contributed by atoms with E-state index in [2.05, 4.69) is 12.2 Å². The fourth-order valence-corrected chi connectivity index (χ4v) is 3.91. The summed E-state index contributed by atoms with van der Waals surface area (Å²) in [5, 5.41) is 3.72. The summed E-state index contributed by atoms with van der Waals surface area (Å²) in [5.74, 6) is 0.804. The van der Waals surface area contributed by atoms with E-state index in [0.29, 0.717) is 31.1 Å². The van der Waals surface area contributed by atoms with Crippen LogP contribution in [0.4, 0.5) is 5.69 Å². The Balaban J connectivity index is 1.85. The topological polar surface area (TPSA) is 47.6 Å². The summed E-state index contributed by atoms with van der Waals surface area (Å²) >= 11 is 6.46. The standard InChI is InChI=1S/C23H28ClNO3/c1-4-17(3)28-21-10-9-18(15-16(21)2)25-22(26)23(11-13-27-14-12-23)19-7-5-6-8-20(19)24/h5-10,15,17H,4,11-14H2,1-3H3,(H,25,26)/t17-/m1/s1. The van der Waals surface area contributed by atoms with Crippen LogP contribution in [0.1, 0.15) is 44.2 Å². The number of hydrogen-bond donors (Lipinski definition) is 1. The number of carbonyl (C=O) groups is 1. The molecule has 2 aromatic rings. The number of aryl methyl sites for hydroxylation is 1. The second kappa shape index (κ2) is 8.97. The number of benzene rings is 2. The number of anilines is 1. The molecule has 1 N–H and O–H groups in total. The SMILES string of the molecule is CC[C@@H](C)Oc1ccc(NC(=O)C2(c3ccccc3Cl)CCOCC2)cc1C. The Morgan fingerprint density at radius 3 is 2.61 bits per heavy atom. The molecule has 0 aromatic heterocycles. The van der Waals surface area contributed by atoms with E-state index in [4.69, 9.17) is 21.1 Å². The lowest BCUT2D eigenvalue weighted by Crippen LogP contribution is -2.45. The summed E-state index contributed by atoms with van der Waals surface area (Å²) in [5.41, 5.74) is 1.94. The maximum absolute atomic E-state index is 13.4. The van der Waals surface area contributed by atoms with Crippen molar-refractivity contribution in [3.05, 3.63) is 58.6 Å². The Kier molecular flexibility index (Phi) is 6.63. The molecule has 150 valence electrons. The Morgan fingerprint density at radius 2 is 1.96 bits per heavy atom. The van der Waals surface area contributed by atoms with Crippen molar-refractivity contribution in [2.75, 3.05) is 18.5 Å². The molecule has 28 heavy (non-hydrogen) atoms. The molecule has 5 heteroatoms.